The summed E-state index contributed by atoms with van der Waals surface area (Å²) in [5.74, 6) is 1.79. The van der Waals surface area contributed by atoms with Crippen LogP contribution in [0, 0.1) is 11.3 Å². The fraction of sp³-hybridized carbons (Fsp3) is 0.682. The molecule has 0 aliphatic heterocycles. The van der Waals surface area contributed by atoms with Crippen molar-refractivity contribution in [2.24, 2.45) is 11.3 Å². The Morgan fingerprint density at radius 2 is 1.92 bits per heavy atom. The molecule has 3 rings (SSSR count). The summed E-state index contributed by atoms with van der Waals surface area (Å²) in [6.07, 6.45) is 5.11. The third kappa shape index (κ3) is 2.58. The summed E-state index contributed by atoms with van der Waals surface area (Å²) in [7, 11) is 3.31. The number of esters is 1. The number of ether oxygens (including phenoxy) is 2. The van der Waals surface area contributed by atoms with Crippen LogP contribution < -0.4 is 4.74 Å². The average molecular weight is 344 g/mol. The number of carbonyl (C=O) groups excluding carboxylic acids is 1. The smallest absolute Gasteiger partial charge is 0.311 e. The molecule has 0 aromatic heterocycles. The Kier molecular flexibility index (Phi) is 4.63. The van der Waals surface area contributed by atoms with Crippen molar-refractivity contribution in [2.75, 3.05) is 14.2 Å². The summed E-state index contributed by atoms with van der Waals surface area (Å²) in [5, 5.41) is 0. The second-order valence-corrected chi connectivity index (χ2v) is 8.64. The number of hydrogen-bond acceptors (Lipinski definition) is 3. The van der Waals surface area contributed by atoms with E-state index in [4.69, 9.17) is 9.47 Å². The van der Waals surface area contributed by atoms with E-state index in [0.717, 1.165) is 37.9 Å². The van der Waals surface area contributed by atoms with Gasteiger partial charge in [-0.25, -0.2) is 0 Å². The highest BCUT2D eigenvalue weighted by atomic mass is 16.5. The van der Waals surface area contributed by atoms with Crippen molar-refractivity contribution >= 4 is 5.97 Å². The molecular formula is C22H32O3. The summed E-state index contributed by atoms with van der Waals surface area (Å²) in [6.45, 7) is 8.90. The van der Waals surface area contributed by atoms with Gasteiger partial charge >= 0.3 is 5.97 Å². The number of benzene rings is 1. The summed E-state index contributed by atoms with van der Waals surface area (Å²) in [6, 6.07) is 4.54. The molecule has 2 aliphatic rings. The first-order valence-electron chi connectivity index (χ1n) is 9.58. The van der Waals surface area contributed by atoms with Gasteiger partial charge in [0.2, 0.25) is 0 Å². The Morgan fingerprint density at radius 1 is 1.20 bits per heavy atom. The minimum Gasteiger partial charge on any atom is -0.496 e. The lowest BCUT2D eigenvalue weighted by atomic mass is 9.49. The van der Waals surface area contributed by atoms with E-state index in [-0.39, 0.29) is 16.8 Å². The van der Waals surface area contributed by atoms with Crippen molar-refractivity contribution in [3.05, 3.63) is 28.8 Å². The molecule has 0 radical (unpaired) electrons. The molecule has 0 heterocycles. The average Bonchev–Trinajstić information content (AvgIpc) is 2.59. The van der Waals surface area contributed by atoms with E-state index in [1.54, 1.807) is 7.11 Å². The predicted molar refractivity (Wildman–Crippen MR) is 100 cm³/mol. The number of carbonyl (C=O) groups is 1. The zero-order chi connectivity index (χ0) is 18.4. The Hall–Kier alpha value is -1.51. The quantitative estimate of drug-likeness (QED) is 0.724. The maximum Gasteiger partial charge on any atom is 0.311 e. The summed E-state index contributed by atoms with van der Waals surface area (Å²) >= 11 is 0. The summed E-state index contributed by atoms with van der Waals surface area (Å²) in [4.78, 5) is 12.6. The van der Waals surface area contributed by atoms with Crippen LogP contribution in [-0.2, 0) is 21.4 Å². The summed E-state index contributed by atoms with van der Waals surface area (Å²) in [5.41, 5.74) is 3.66. The largest absolute Gasteiger partial charge is 0.496 e. The van der Waals surface area contributed by atoms with E-state index in [0.29, 0.717) is 11.8 Å². The molecule has 3 atom stereocenters. The maximum absolute atomic E-state index is 12.6. The molecule has 138 valence electrons. The lowest BCUT2D eigenvalue weighted by Gasteiger charge is -2.54. The lowest BCUT2D eigenvalue weighted by molar-refractivity contribution is -0.161. The standard InChI is InChI=1S/C22H32O3/c1-14(2)15-8-10-17-16(19(15)24-5)9-11-18-21(17,3)12-7-13-22(18,4)20(23)25-6/h8,10,14,18H,7,9,11-13H2,1-6H3/t18-,21-,22-/m1/s1. The Labute approximate surface area is 152 Å². The maximum atomic E-state index is 12.6. The first-order valence-corrected chi connectivity index (χ1v) is 9.58. The molecule has 0 unspecified atom stereocenters. The van der Waals surface area contributed by atoms with Crippen molar-refractivity contribution < 1.29 is 14.3 Å². The lowest BCUT2D eigenvalue weighted by Crippen LogP contribution is -2.52. The van der Waals surface area contributed by atoms with Crippen molar-refractivity contribution in [1.29, 1.82) is 0 Å². The normalized spacial score (nSPS) is 31.2. The van der Waals surface area contributed by atoms with Gasteiger partial charge in [0, 0.05) is 0 Å². The molecule has 0 bridgehead atoms. The predicted octanol–water partition coefficient (Wildman–Crippen LogP) is 5.00. The number of rotatable bonds is 3. The molecular weight excluding hydrogens is 312 g/mol. The highest BCUT2D eigenvalue weighted by Crippen LogP contribution is 2.59. The van der Waals surface area contributed by atoms with Gasteiger partial charge in [0.05, 0.1) is 19.6 Å². The van der Waals surface area contributed by atoms with Crippen molar-refractivity contribution in [2.45, 2.75) is 71.1 Å². The highest BCUT2D eigenvalue weighted by Gasteiger charge is 2.56. The van der Waals surface area contributed by atoms with Gasteiger partial charge in [-0.2, -0.15) is 0 Å². The second kappa shape index (κ2) is 6.34. The van der Waals surface area contributed by atoms with Crippen LogP contribution in [0.3, 0.4) is 0 Å². The van der Waals surface area contributed by atoms with E-state index in [1.165, 1.54) is 23.8 Å². The van der Waals surface area contributed by atoms with Gasteiger partial charge in [0.25, 0.3) is 0 Å². The Bertz CT molecular complexity index is 678. The van der Waals surface area contributed by atoms with E-state index in [1.807, 2.05) is 0 Å². The molecule has 1 aromatic carbocycles. The first kappa shape index (κ1) is 18.3. The van der Waals surface area contributed by atoms with Gasteiger partial charge in [-0.15, -0.1) is 0 Å². The SMILES string of the molecule is COC(=O)[C@]1(C)CCC[C@]2(C)c3ccc(C(C)C)c(OC)c3CC[C@@H]12. The van der Waals surface area contributed by atoms with Crippen LogP contribution in [0.2, 0.25) is 0 Å². The molecule has 0 amide bonds. The monoisotopic (exact) mass is 344 g/mol. The second-order valence-electron chi connectivity index (χ2n) is 8.64. The van der Waals surface area contributed by atoms with Gasteiger partial charge in [-0.1, -0.05) is 39.3 Å². The third-order valence-corrected chi connectivity index (χ3v) is 7.00. The van der Waals surface area contributed by atoms with Crippen molar-refractivity contribution in [1.82, 2.24) is 0 Å². The fourth-order valence-corrected chi connectivity index (χ4v) is 5.72. The number of hydrogen-bond donors (Lipinski definition) is 0. The van der Waals surface area contributed by atoms with E-state index in [2.05, 4.69) is 39.8 Å². The van der Waals surface area contributed by atoms with Crippen molar-refractivity contribution in [3.63, 3.8) is 0 Å². The highest BCUT2D eigenvalue weighted by molar-refractivity contribution is 5.77. The molecule has 0 N–H and O–H groups in total. The van der Waals surface area contributed by atoms with Crippen LogP contribution in [-0.4, -0.2) is 20.2 Å². The molecule has 0 saturated heterocycles. The molecule has 2 aliphatic carbocycles. The molecule has 3 nitrogen and oxygen atoms in total. The van der Waals surface area contributed by atoms with Crippen LogP contribution in [0.1, 0.15) is 76.0 Å². The first-order chi connectivity index (χ1) is 11.8. The fourth-order valence-electron chi connectivity index (χ4n) is 5.72. The van der Waals surface area contributed by atoms with Gasteiger partial charge in [0.15, 0.2) is 0 Å². The van der Waals surface area contributed by atoms with E-state index < -0.39 is 0 Å². The van der Waals surface area contributed by atoms with Gasteiger partial charge in [-0.3, -0.25) is 4.79 Å². The van der Waals surface area contributed by atoms with Gasteiger partial charge in [-0.05, 0) is 66.5 Å². The van der Waals surface area contributed by atoms with Gasteiger partial charge in [0.1, 0.15) is 5.75 Å². The molecule has 1 saturated carbocycles. The van der Waals surface area contributed by atoms with Crippen LogP contribution in [0.5, 0.6) is 5.75 Å². The molecule has 0 spiro atoms. The van der Waals surface area contributed by atoms with E-state index >= 15 is 0 Å². The van der Waals surface area contributed by atoms with Crippen LogP contribution >= 0.6 is 0 Å². The van der Waals surface area contributed by atoms with Crippen molar-refractivity contribution in [3.8, 4) is 5.75 Å². The van der Waals surface area contributed by atoms with Gasteiger partial charge < -0.3 is 9.47 Å². The minimum atomic E-state index is -0.386. The van der Waals surface area contributed by atoms with Crippen LogP contribution in [0.25, 0.3) is 0 Å². The van der Waals surface area contributed by atoms with Crippen LogP contribution in [0.4, 0.5) is 0 Å². The molecule has 25 heavy (non-hydrogen) atoms. The zero-order valence-corrected chi connectivity index (χ0v) is 16.6. The molecule has 3 heteroatoms. The Morgan fingerprint density at radius 3 is 2.52 bits per heavy atom. The van der Waals surface area contributed by atoms with Crippen LogP contribution in [0.15, 0.2) is 12.1 Å². The molecule has 1 fully saturated rings. The zero-order valence-electron chi connectivity index (χ0n) is 16.6. The molecule has 1 aromatic rings. The topological polar surface area (TPSA) is 35.5 Å². The minimum absolute atomic E-state index is 0.0115. The Balaban J connectivity index is 2.14. The number of methoxy groups -OCH3 is 2. The van der Waals surface area contributed by atoms with E-state index in [9.17, 15) is 4.79 Å². The third-order valence-electron chi connectivity index (χ3n) is 7.00. The summed E-state index contributed by atoms with van der Waals surface area (Å²) < 4.78 is 11.1. The number of fused-ring (bicyclic) bond motifs is 3.